The lowest BCUT2D eigenvalue weighted by atomic mass is 9.62. The topological polar surface area (TPSA) is 23.8 Å². The Bertz CT molecular complexity index is 2510. The predicted molar refractivity (Wildman–Crippen MR) is 198 cm³/mol. The molecule has 0 amide bonds. The van der Waals surface area contributed by atoms with Gasteiger partial charge in [0.05, 0.1) is 17.0 Å². The summed E-state index contributed by atoms with van der Waals surface area (Å²) in [5.41, 5.74) is 10.6. The maximum absolute atomic E-state index is 10.1. The summed E-state index contributed by atoms with van der Waals surface area (Å²) in [6.45, 7) is 0. The number of hydrogen-bond donors (Lipinski definition) is 0. The van der Waals surface area contributed by atoms with Gasteiger partial charge in [-0.05, 0) is 84.3 Å². The van der Waals surface area contributed by atoms with Gasteiger partial charge in [0, 0.05) is 21.6 Å². The molecule has 3 unspecified atom stereocenters. The van der Waals surface area contributed by atoms with Gasteiger partial charge in [-0.25, -0.2) is 0 Å². The summed E-state index contributed by atoms with van der Waals surface area (Å²) in [6, 6.07) is 53.4. The molecule has 0 radical (unpaired) electrons. The molecule has 1 aliphatic heterocycles. The Morgan fingerprint density at radius 2 is 1.21 bits per heavy atom. The Morgan fingerprint density at radius 1 is 0.562 bits per heavy atom. The van der Waals surface area contributed by atoms with E-state index in [4.69, 9.17) is 0 Å². The van der Waals surface area contributed by atoms with Crippen molar-refractivity contribution in [3.8, 4) is 28.3 Å². The molecule has 1 spiro atoms. The van der Waals surface area contributed by atoms with Crippen LogP contribution in [0, 0.1) is 17.2 Å². The zero-order chi connectivity index (χ0) is 31.8. The van der Waals surface area contributed by atoms with Gasteiger partial charge >= 0.3 is 0 Å². The van der Waals surface area contributed by atoms with Crippen LogP contribution >= 0.6 is 11.8 Å². The van der Waals surface area contributed by atoms with E-state index in [2.05, 4.69) is 164 Å². The van der Waals surface area contributed by atoms with Gasteiger partial charge in [-0.15, -0.1) is 0 Å². The summed E-state index contributed by atoms with van der Waals surface area (Å²) in [5, 5.41) is 15.2. The Morgan fingerprint density at radius 3 is 1.96 bits per heavy atom. The summed E-state index contributed by atoms with van der Waals surface area (Å²) in [4.78, 5) is 2.58. The first-order valence-corrected chi connectivity index (χ1v) is 17.4. The van der Waals surface area contributed by atoms with Crippen molar-refractivity contribution in [2.24, 2.45) is 5.92 Å². The minimum absolute atomic E-state index is 0.191. The molecule has 1 nitrogen and oxygen atoms in total. The average molecular weight is 628 g/mol. The minimum atomic E-state index is -0.434. The van der Waals surface area contributed by atoms with E-state index in [0.29, 0.717) is 5.56 Å². The van der Waals surface area contributed by atoms with Gasteiger partial charge in [-0.3, -0.25) is 0 Å². The van der Waals surface area contributed by atoms with Gasteiger partial charge in [0.2, 0.25) is 0 Å². The van der Waals surface area contributed by atoms with E-state index in [1.807, 2.05) is 17.8 Å². The molecular formula is C46H29NS. The number of nitrogens with zero attached hydrogens (tertiary/aromatic N) is 1. The van der Waals surface area contributed by atoms with E-state index >= 15 is 0 Å². The molecule has 224 valence electrons. The van der Waals surface area contributed by atoms with Crippen LogP contribution in [0.2, 0.25) is 0 Å². The lowest BCUT2D eigenvalue weighted by molar-refractivity contribution is 0.442. The second-order valence-electron chi connectivity index (χ2n) is 13.0. The lowest BCUT2D eigenvalue weighted by Gasteiger charge is -2.44. The third-order valence-corrected chi connectivity index (χ3v) is 12.0. The molecule has 7 aromatic rings. The molecule has 1 heterocycles. The summed E-state index contributed by atoms with van der Waals surface area (Å²) in [5.74, 6) is 0.425. The summed E-state index contributed by atoms with van der Waals surface area (Å²) in [7, 11) is 0. The van der Waals surface area contributed by atoms with Gasteiger partial charge in [-0.2, -0.15) is 5.26 Å². The van der Waals surface area contributed by atoms with Crippen molar-refractivity contribution in [2.75, 3.05) is 0 Å². The van der Waals surface area contributed by atoms with E-state index in [1.54, 1.807) is 0 Å². The summed E-state index contributed by atoms with van der Waals surface area (Å²) >= 11 is 1.90. The molecule has 0 bridgehead atoms. The monoisotopic (exact) mass is 627 g/mol. The number of allylic oxidation sites excluding steroid dienone is 4. The van der Waals surface area contributed by atoms with Crippen molar-refractivity contribution in [1.82, 2.24) is 0 Å². The predicted octanol–water partition coefficient (Wildman–Crippen LogP) is 11.8. The molecule has 7 aromatic carbocycles. The van der Waals surface area contributed by atoms with Crippen molar-refractivity contribution >= 4 is 33.3 Å². The van der Waals surface area contributed by atoms with E-state index in [1.165, 1.54) is 75.8 Å². The molecule has 2 aliphatic carbocycles. The zero-order valence-electron chi connectivity index (χ0n) is 26.1. The van der Waals surface area contributed by atoms with Crippen LogP contribution < -0.4 is 0 Å². The fourth-order valence-corrected chi connectivity index (χ4v) is 10.4. The van der Waals surface area contributed by atoms with E-state index in [0.717, 1.165) is 0 Å². The maximum Gasteiger partial charge on any atom is 0.0991 e. The molecule has 2 heteroatoms. The number of nitriles is 1. The second kappa shape index (κ2) is 10.4. The third kappa shape index (κ3) is 3.63. The zero-order valence-corrected chi connectivity index (χ0v) is 26.9. The number of benzene rings is 7. The highest BCUT2D eigenvalue weighted by Crippen LogP contribution is 2.66. The van der Waals surface area contributed by atoms with Crippen LogP contribution in [-0.4, -0.2) is 0 Å². The van der Waals surface area contributed by atoms with Crippen molar-refractivity contribution in [3.63, 3.8) is 0 Å². The third-order valence-electron chi connectivity index (χ3n) is 10.8. The van der Waals surface area contributed by atoms with E-state index in [9.17, 15) is 5.26 Å². The van der Waals surface area contributed by atoms with Crippen LogP contribution in [0.1, 0.15) is 33.7 Å². The molecule has 0 fully saturated rings. The first-order chi connectivity index (χ1) is 23.8. The summed E-state index contributed by atoms with van der Waals surface area (Å²) in [6.07, 6.45) is 9.19. The molecule has 0 saturated carbocycles. The van der Waals surface area contributed by atoms with Gasteiger partial charge in [-0.1, -0.05) is 157 Å². The largest absolute Gasteiger partial charge is 0.192 e. The van der Waals surface area contributed by atoms with Crippen molar-refractivity contribution in [2.45, 2.75) is 21.1 Å². The molecule has 0 aromatic heterocycles. The average Bonchev–Trinajstić information content (AvgIpc) is 3.44. The van der Waals surface area contributed by atoms with Gasteiger partial charge in [0.25, 0.3) is 0 Å². The summed E-state index contributed by atoms with van der Waals surface area (Å²) < 4.78 is 0. The van der Waals surface area contributed by atoms with Crippen LogP contribution in [0.3, 0.4) is 0 Å². The minimum Gasteiger partial charge on any atom is -0.192 e. The number of fused-ring (bicyclic) bond motifs is 11. The Balaban J connectivity index is 1.34. The van der Waals surface area contributed by atoms with Crippen LogP contribution in [0.5, 0.6) is 0 Å². The highest BCUT2D eigenvalue weighted by atomic mass is 32.2. The SMILES string of the molecule is N#Cc1ccc2c(c1)C1(c3ccccc3Sc3c(-c4c5ccccc5c(-c5ccccc5)c5ccccc45)cccc31)C1C=CC=CC21. The van der Waals surface area contributed by atoms with Crippen molar-refractivity contribution in [1.29, 1.82) is 5.26 Å². The van der Waals surface area contributed by atoms with Gasteiger partial charge < -0.3 is 0 Å². The Kier molecular flexibility index (Phi) is 5.98. The Hall–Kier alpha value is -5.62. The van der Waals surface area contributed by atoms with Crippen LogP contribution in [0.25, 0.3) is 43.8 Å². The molecular weight excluding hydrogens is 599 g/mol. The smallest absolute Gasteiger partial charge is 0.0991 e. The highest BCUT2D eigenvalue weighted by molar-refractivity contribution is 7.99. The molecule has 3 aliphatic rings. The Labute approximate surface area is 284 Å². The standard InChI is InChI=1S/C46H29NS/c47-28-29-25-26-32-31-15-8-9-21-38(31)46(41(32)27-29)39-22-10-11-24-42(39)48-45-37(20-12-23-40(45)46)44-35-18-6-4-16-33(35)43(30-13-2-1-3-14-30)34-17-5-7-19-36(34)44/h1-27,31,38H. The van der Waals surface area contributed by atoms with Crippen LogP contribution in [0.4, 0.5) is 0 Å². The lowest BCUT2D eigenvalue weighted by Crippen LogP contribution is -2.37. The van der Waals surface area contributed by atoms with E-state index < -0.39 is 5.41 Å². The fraction of sp³-hybridized carbons (Fsp3) is 0.0652. The number of hydrogen-bond acceptors (Lipinski definition) is 2. The van der Waals surface area contributed by atoms with Crippen molar-refractivity contribution < 1.29 is 0 Å². The van der Waals surface area contributed by atoms with Crippen LogP contribution in [-0.2, 0) is 5.41 Å². The molecule has 0 N–H and O–H groups in total. The van der Waals surface area contributed by atoms with Gasteiger partial charge in [0.1, 0.15) is 0 Å². The number of rotatable bonds is 2. The fourth-order valence-electron chi connectivity index (χ4n) is 9.03. The first kappa shape index (κ1) is 27.5. The molecule has 0 saturated heterocycles. The van der Waals surface area contributed by atoms with Crippen LogP contribution in [0.15, 0.2) is 174 Å². The van der Waals surface area contributed by atoms with E-state index in [-0.39, 0.29) is 11.8 Å². The molecule has 10 rings (SSSR count). The van der Waals surface area contributed by atoms with Crippen molar-refractivity contribution in [3.05, 3.63) is 192 Å². The molecule has 48 heavy (non-hydrogen) atoms. The quantitative estimate of drug-likeness (QED) is 0.178. The van der Waals surface area contributed by atoms with Gasteiger partial charge in [0.15, 0.2) is 0 Å². The molecule has 3 atom stereocenters. The normalized spacial score (nSPS) is 19.9. The first-order valence-electron chi connectivity index (χ1n) is 16.6. The maximum atomic E-state index is 10.1. The second-order valence-corrected chi connectivity index (χ2v) is 14.1. The highest BCUT2D eigenvalue weighted by Gasteiger charge is 2.56.